The Balaban J connectivity index is 1.97. The minimum atomic E-state index is -0.199. The number of fused-ring (bicyclic) bond motifs is 1. The normalized spacial score (nSPS) is 10.3. The van der Waals surface area contributed by atoms with E-state index >= 15 is 0 Å². The summed E-state index contributed by atoms with van der Waals surface area (Å²) in [5.74, 6) is -0.297. The van der Waals surface area contributed by atoms with E-state index in [1.54, 1.807) is 25.4 Å². The fourth-order valence-corrected chi connectivity index (χ4v) is 1.59. The lowest BCUT2D eigenvalue weighted by atomic mass is 10.1. The van der Waals surface area contributed by atoms with Gasteiger partial charge in [-0.3, -0.25) is 14.7 Å². The van der Waals surface area contributed by atoms with Gasteiger partial charge in [0.25, 0.3) is 5.91 Å². The van der Waals surface area contributed by atoms with E-state index < -0.39 is 0 Å². The molecule has 2 amide bonds. The fourth-order valence-electron chi connectivity index (χ4n) is 1.59. The van der Waals surface area contributed by atoms with Gasteiger partial charge in [0.05, 0.1) is 11.7 Å². The first kappa shape index (κ1) is 12.1. The molecule has 0 aliphatic rings. The van der Waals surface area contributed by atoms with Crippen molar-refractivity contribution in [2.24, 2.45) is 0 Å². The molecule has 2 rings (SSSR count). The molecule has 0 saturated heterocycles. The summed E-state index contributed by atoms with van der Waals surface area (Å²) in [5, 5.41) is 12.8. The highest BCUT2D eigenvalue weighted by atomic mass is 16.2. The van der Waals surface area contributed by atoms with Crippen LogP contribution in [0.2, 0.25) is 0 Å². The van der Waals surface area contributed by atoms with Crippen molar-refractivity contribution in [2.45, 2.75) is 6.42 Å². The maximum absolute atomic E-state index is 11.8. The number of aromatic amines is 1. The molecule has 0 spiro atoms. The summed E-state index contributed by atoms with van der Waals surface area (Å²) in [6.45, 7) is 0.319. The molecule has 3 N–H and O–H groups in total. The van der Waals surface area contributed by atoms with Gasteiger partial charge < -0.3 is 10.6 Å². The van der Waals surface area contributed by atoms with Crippen LogP contribution in [0.5, 0.6) is 0 Å². The molecule has 0 radical (unpaired) electrons. The molecule has 6 heteroatoms. The zero-order chi connectivity index (χ0) is 13.0. The third-order valence-corrected chi connectivity index (χ3v) is 2.62. The average Bonchev–Trinajstić information content (AvgIpc) is 2.85. The van der Waals surface area contributed by atoms with Crippen molar-refractivity contribution in [3.8, 4) is 0 Å². The Kier molecular flexibility index (Phi) is 3.57. The lowest BCUT2D eigenvalue weighted by Gasteiger charge is -2.04. The molecule has 18 heavy (non-hydrogen) atoms. The predicted octanol–water partition coefficient (Wildman–Crippen LogP) is 0.429. The highest BCUT2D eigenvalue weighted by Crippen LogP contribution is 2.12. The van der Waals surface area contributed by atoms with Gasteiger partial charge in [-0.2, -0.15) is 5.10 Å². The minimum absolute atomic E-state index is 0.0979. The van der Waals surface area contributed by atoms with Crippen molar-refractivity contribution in [3.05, 3.63) is 30.0 Å². The molecule has 1 aromatic heterocycles. The van der Waals surface area contributed by atoms with Crippen LogP contribution < -0.4 is 10.6 Å². The molecule has 1 heterocycles. The molecular formula is C12H14N4O2. The number of carbonyl (C=O) groups excluding carboxylic acids is 2. The number of H-pyrrole nitrogens is 1. The quantitative estimate of drug-likeness (QED) is 0.731. The summed E-state index contributed by atoms with van der Waals surface area (Å²) >= 11 is 0. The van der Waals surface area contributed by atoms with Crippen LogP contribution in [0.3, 0.4) is 0 Å². The summed E-state index contributed by atoms with van der Waals surface area (Å²) in [6, 6.07) is 5.29. The van der Waals surface area contributed by atoms with Crippen molar-refractivity contribution in [2.75, 3.05) is 13.6 Å². The van der Waals surface area contributed by atoms with E-state index in [0.717, 1.165) is 10.9 Å². The van der Waals surface area contributed by atoms with Gasteiger partial charge in [0.2, 0.25) is 5.91 Å². The van der Waals surface area contributed by atoms with Gasteiger partial charge in [0, 0.05) is 31.0 Å². The monoisotopic (exact) mass is 246 g/mol. The lowest BCUT2D eigenvalue weighted by Crippen LogP contribution is -2.29. The van der Waals surface area contributed by atoms with Gasteiger partial charge in [-0.25, -0.2) is 0 Å². The second-order valence-electron chi connectivity index (χ2n) is 3.85. The number of hydrogen-bond donors (Lipinski definition) is 3. The molecule has 0 atom stereocenters. The topological polar surface area (TPSA) is 86.9 Å². The van der Waals surface area contributed by atoms with Crippen LogP contribution in [-0.4, -0.2) is 35.6 Å². The highest BCUT2D eigenvalue weighted by Gasteiger charge is 2.07. The molecule has 2 aromatic rings. The van der Waals surface area contributed by atoms with E-state index in [1.165, 1.54) is 0 Å². The van der Waals surface area contributed by atoms with Crippen molar-refractivity contribution < 1.29 is 9.59 Å². The standard InChI is InChI=1S/C12H14N4O2/c1-13-11(17)4-5-14-12(18)8-2-3-9-7-15-16-10(9)6-8/h2-3,6-7H,4-5H2,1H3,(H,13,17)(H,14,18)(H,15,16). The zero-order valence-electron chi connectivity index (χ0n) is 9.99. The van der Waals surface area contributed by atoms with Gasteiger partial charge in [-0.15, -0.1) is 0 Å². The molecule has 6 nitrogen and oxygen atoms in total. The van der Waals surface area contributed by atoms with Gasteiger partial charge in [-0.05, 0) is 12.1 Å². The first-order valence-corrected chi connectivity index (χ1v) is 5.62. The smallest absolute Gasteiger partial charge is 0.251 e. The summed E-state index contributed by atoms with van der Waals surface area (Å²) in [5.41, 5.74) is 1.36. The average molecular weight is 246 g/mol. The first-order valence-electron chi connectivity index (χ1n) is 5.62. The molecular weight excluding hydrogens is 232 g/mol. The van der Waals surface area contributed by atoms with Crippen molar-refractivity contribution in [1.29, 1.82) is 0 Å². The minimum Gasteiger partial charge on any atom is -0.359 e. The SMILES string of the molecule is CNC(=O)CCNC(=O)c1ccc2cn[nH]c2c1. The second-order valence-corrected chi connectivity index (χ2v) is 3.85. The molecule has 0 saturated carbocycles. The first-order chi connectivity index (χ1) is 8.70. The Hall–Kier alpha value is -2.37. The molecule has 0 aliphatic heterocycles. The number of nitrogens with zero attached hydrogens (tertiary/aromatic N) is 1. The Bertz CT molecular complexity index is 576. The van der Waals surface area contributed by atoms with Gasteiger partial charge >= 0.3 is 0 Å². The summed E-state index contributed by atoms with van der Waals surface area (Å²) in [6.07, 6.45) is 1.97. The fraction of sp³-hybridized carbons (Fsp3) is 0.250. The van der Waals surface area contributed by atoms with Crippen LogP contribution in [0.1, 0.15) is 16.8 Å². The summed E-state index contributed by atoms with van der Waals surface area (Å²) in [4.78, 5) is 22.8. The van der Waals surface area contributed by atoms with Crippen LogP contribution >= 0.6 is 0 Å². The molecule has 1 aromatic carbocycles. The summed E-state index contributed by atoms with van der Waals surface area (Å²) < 4.78 is 0. The lowest BCUT2D eigenvalue weighted by molar-refractivity contribution is -0.120. The number of hydrogen-bond acceptors (Lipinski definition) is 3. The predicted molar refractivity (Wildman–Crippen MR) is 67.1 cm³/mol. The maximum atomic E-state index is 11.8. The van der Waals surface area contributed by atoms with E-state index in [-0.39, 0.29) is 18.2 Å². The van der Waals surface area contributed by atoms with Crippen molar-refractivity contribution in [3.63, 3.8) is 0 Å². The Morgan fingerprint density at radius 1 is 1.39 bits per heavy atom. The van der Waals surface area contributed by atoms with Crippen LogP contribution in [0.4, 0.5) is 0 Å². The number of aromatic nitrogens is 2. The van der Waals surface area contributed by atoms with Gasteiger partial charge in [-0.1, -0.05) is 6.07 Å². The van der Waals surface area contributed by atoms with Crippen LogP contribution in [0.15, 0.2) is 24.4 Å². The van der Waals surface area contributed by atoms with Crippen LogP contribution in [-0.2, 0) is 4.79 Å². The van der Waals surface area contributed by atoms with Gasteiger partial charge in [0.15, 0.2) is 0 Å². The largest absolute Gasteiger partial charge is 0.359 e. The molecule has 0 aliphatic carbocycles. The van der Waals surface area contributed by atoms with Crippen LogP contribution in [0, 0.1) is 0 Å². The van der Waals surface area contributed by atoms with E-state index in [0.29, 0.717) is 12.1 Å². The second kappa shape index (κ2) is 5.31. The molecule has 94 valence electrons. The van der Waals surface area contributed by atoms with E-state index in [9.17, 15) is 9.59 Å². The number of nitrogens with one attached hydrogen (secondary N) is 3. The maximum Gasteiger partial charge on any atom is 0.251 e. The third kappa shape index (κ3) is 2.65. The van der Waals surface area contributed by atoms with E-state index in [1.807, 2.05) is 6.07 Å². The zero-order valence-corrected chi connectivity index (χ0v) is 9.99. The number of benzene rings is 1. The highest BCUT2D eigenvalue weighted by molar-refractivity contribution is 5.97. The third-order valence-electron chi connectivity index (χ3n) is 2.62. The van der Waals surface area contributed by atoms with E-state index in [4.69, 9.17) is 0 Å². The Morgan fingerprint density at radius 2 is 2.22 bits per heavy atom. The molecule has 0 unspecified atom stereocenters. The van der Waals surface area contributed by atoms with Crippen molar-refractivity contribution >= 4 is 22.7 Å². The van der Waals surface area contributed by atoms with Crippen LogP contribution in [0.25, 0.3) is 10.9 Å². The summed E-state index contributed by atoms with van der Waals surface area (Å²) in [7, 11) is 1.57. The number of carbonyl (C=O) groups is 2. The number of rotatable bonds is 4. The van der Waals surface area contributed by atoms with Gasteiger partial charge in [0.1, 0.15) is 0 Å². The Morgan fingerprint density at radius 3 is 3.00 bits per heavy atom. The van der Waals surface area contributed by atoms with Crippen molar-refractivity contribution in [1.82, 2.24) is 20.8 Å². The molecule has 0 bridgehead atoms. The Labute approximate surface area is 104 Å². The molecule has 0 fully saturated rings. The number of amides is 2. The van der Waals surface area contributed by atoms with E-state index in [2.05, 4.69) is 20.8 Å².